The summed E-state index contributed by atoms with van der Waals surface area (Å²) < 4.78 is 5.73. The van der Waals surface area contributed by atoms with Crippen LogP contribution in [-0.2, 0) is 11.3 Å². The van der Waals surface area contributed by atoms with Gasteiger partial charge in [0, 0.05) is 6.61 Å². The van der Waals surface area contributed by atoms with Gasteiger partial charge in [-0.05, 0) is 29.8 Å². The first-order valence-corrected chi connectivity index (χ1v) is 6.78. The standard InChI is InChI=1S/C14H21BO3/c16-15(17)14-8-6-13(7-9-14)11-18-10-12-4-2-1-3-5-12/h6-9,12,16-17H,1-5,10-11H2. The Labute approximate surface area is 109 Å². The molecule has 0 atom stereocenters. The third-order valence-corrected chi connectivity index (χ3v) is 3.62. The Morgan fingerprint density at radius 2 is 1.72 bits per heavy atom. The van der Waals surface area contributed by atoms with E-state index in [0.717, 1.165) is 18.1 Å². The van der Waals surface area contributed by atoms with Crippen LogP contribution in [0.15, 0.2) is 24.3 Å². The average Bonchev–Trinajstić information content (AvgIpc) is 2.40. The molecular weight excluding hydrogens is 227 g/mol. The van der Waals surface area contributed by atoms with Gasteiger partial charge in [-0.2, -0.15) is 0 Å². The highest BCUT2D eigenvalue weighted by molar-refractivity contribution is 6.58. The molecule has 0 unspecified atom stereocenters. The van der Waals surface area contributed by atoms with Crippen LogP contribution in [0.25, 0.3) is 0 Å². The van der Waals surface area contributed by atoms with Gasteiger partial charge in [-0.15, -0.1) is 0 Å². The monoisotopic (exact) mass is 248 g/mol. The first-order chi connectivity index (χ1) is 8.75. The molecule has 18 heavy (non-hydrogen) atoms. The molecule has 0 aliphatic heterocycles. The van der Waals surface area contributed by atoms with Gasteiger partial charge in [0.25, 0.3) is 0 Å². The summed E-state index contributed by atoms with van der Waals surface area (Å²) in [7, 11) is -1.39. The van der Waals surface area contributed by atoms with Crippen molar-refractivity contribution in [2.75, 3.05) is 6.61 Å². The van der Waals surface area contributed by atoms with Gasteiger partial charge in [-0.3, -0.25) is 0 Å². The van der Waals surface area contributed by atoms with E-state index in [1.54, 1.807) is 12.1 Å². The number of hydrogen-bond donors (Lipinski definition) is 2. The van der Waals surface area contributed by atoms with E-state index < -0.39 is 7.12 Å². The van der Waals surface area contributed by atoms with Crippen molar-refractivity contribution in [3.05, 3.63) is 29.8 Å². The van der Waals surface area contributed by atoms with Crippen LogP contribution >= 0.6 is 0 Å². The number of rotatable bonds is 5. The Balaban J connectivity index is 1.72. The normalized spacial score (nSPS) is 16.8. The molecule has 0 aromatic heterocycles. The van der Waals surface area contributed by atoms with Gasteiger partial charge in [0.05, 0.1) is 6.61 Å². The minimum atomic E-state index is -1.39. The van der Waals surface area contributed by atoms with Crippen molar-refractivity contribution in [3.8, 4) is 0 Å². The molecule has 4 heteroatoms. The fourth-order valence-electron chi connectivity index (χ4n) is 2.48. The molecule has 1 aliphatic rings. The lowest BCUT2D eigenvalue weighted by Gasteiger charge is -2.21. The summed E-state index contributed by atoms with van der Waals surface area (Å²) in [6, 6.07) is 7.22. The zero-order chi connectivity index (χ0) is 12.8. The van der Waals surface area contributed by atoms with Crippen LogP contribution in [0.4, 0.5) is 0 Å². The van der Waals surface area contributed by atoms with Crippen LogP contribution in [0.2, 0.25) is 0 Å². The van der Waals surface area contributed by atoms with Gasteiger partial charge in [0.1, 0.15) is 0 Å². The van der Waals surface area contributed by atoms with Crippen molar-refractivity contribution in [1.29, 1.82) is 0 Å². The highest BCUT2D eigenvalue weighted by atomic mass is 16.5. The van der Waals surface area contributed by atoms with E-state index in [-0.39, 0.29) is 0 Å². The second-order valence-corrected chi connectivity index (χ2v) is 5.13. The number of ether oxygens (including phenoxy) is 1. The molecule has 2 N–H and O–H groups in total. The van der Waals surface area contributed by atoms with Gasteiger partial charge < -0.3 is 14.8 Å². The molecule has 1 aromatic carbocycles. The van der Waals surface area contributed by atoms with Gasteiger partial charge in [0.15, 0.2) is 0 Å². The van der Waals surface area contributed by atoms with E-state index in [1.165, 1.54) is 32.1 Å². The van der Waals surface area contributed by atoms with Crippen molar-refractivity contribution < 1.29 is 14.8 Å². The third kappa shape index (κ3) is 4.12. The molecule has 0 amide bonds. The quantitative estimate of drug-likeness (QED) is 0.775. The topological polar surface area (TPSA) is 49.7 Å². The Morgan fingerprint density at radius 3 is 2.33 bits per heavy atom. The Hall–Kier alpha value is -0.835. The first kappa shape index (κ1) is 13.6. The van der Waals surface area contributed by atoms with Crippen molar-refractivity contribution in [2.45, 2.75) is 38.7 Å². The predicted molar refractivity (Wildman–Crippen MR) is 72.5 cm³/mol. The lowest BCUT2D eigenvalue weighted by Crippen LogP contribution is -2.29. The molecular formula is C14H21BO3. The second kappa shape index (κ2) is 6.93. The van der Waals surface area contributed by atoms with E-state index in [4.69, 9.17) is 14.8 Å². The van der Waals surface area contributed by atoms with Crippen LogP contribution in [0.1, 0.15) is 37.7 Å². The van der Waals surface area contributed by atoms with E-state index >= 15 is 0 Å². The lowest BCUT2D eigenvalue weighted by molar-refractivity contribution is 0.0739. The maximum absolute atomic E-state index is 8.99. The first-order valence-electron chi connectivity index (χ1n) is 6.78. The lowest BCUT2D eigenvalue weighted by atomic mass is 9.80. The van der Waals surface area contributed by atoms with Gasteiger partial charge in [-0.25, -0.2) is 0 Å². The van der Waals surface area contributed by atoms with Crippen molar-refractivity contribution >= 4 is 12.6 Å². The molecule has 0 heterocycles. The maximum atomic E-state index is 8.99. The van der Waals surface area contributed by atoms with E-state index in [1.807, 2.05) is 12.1 Å². The van der Waals surface area contributed by atoms with Crippen LogP contribution in [-0.4, -0.2) is 23.8 Å². The SMILES string of the molecule is OB(O)c1ccc(COCC2CCCCC2)cc1. The molecule has 0 spiro atoms. The summed E-state index contributed by atoms with van der Waals surface area (Å²) >= 11 is 0. The number of hydrogen-bond acceptors (Lipinski definition) is 3. The molecule has 1 aromatic rings. The maximum Gasteiger partial charge on any atom is 0.488 e. The summed E-state index contributed by atoms with van der Waals surface area (Å²) in [6.07, 6.45) is 6.67. The summed E-state index contributed by atoms with van der Waals surface area (Å²) in [6.45, 7) is 1.46. The molecule has 1 aliphatic carbocycles. The second-order valence-electron chi connectivity index (χ2n) is 5.13. The minimum Gasteiger partial charge on any atom is -0.423 e. The van der Waals surface area contributed by atoms with Crippen molar-refractivity contribution in [2.24, 2.45) is 5.92 Å². The Kier molecular flexibility index (Phi) is 5.23. The molecule has 1 saturated carbocycles. The largest absolute Gasteiger partial charge is 0.488 e. The van der Waals surface area contributed by atoms with Gasteiger partial charge in [0.2, 0.25) is 0 Å². The van der Waals surface area contributed by atoms with Crippen LogP contribution in [0.5, 0.6) is 0 Å². The zero-order valence-electron chi connectivity index (χ0n) is 10.7. The van der Waals surface area contributed by atoms with Gasteiger partial charge in [-0.1, -0.05) is 43.5 Å². The highest BCUT2D eigenvalue weighted by Crippen LogP contribution is 2.23. The average molecular weight is 248 g/mol. The van der Waals surface area contributed by atoms with Crippen LogP contribution < -0.4 is 5.46 Å². The molecule has 0 saturated heterocycles. The molecule has 0 bridgehead atoms. The molecule has 1 fully saturated rings. The van der Waals surface area contributed by atoms with Crippen LogP contribution in [0, 0.1) is 5.92 Å². The fraction of sp³-hybridized carbons (Fsp3) is 0.571. The summed E-state index contributed by atoms with van der Waals surface area (Å²) in [5, 5.41) is 18.0. The highest BCUT2D eigenvalue weighted by Gasteiger charge is 2.13. The van der Waals surface area contributed by atoms with Gasteiger partial charge >= 0.3 is 7.12 Å². The predicted octanol–water partition coefficient (Wildman–Crippen LogP) is 1.46. The zero-order valence-corrected chi connectivity index (χ0v) is 10.7. The molecule has 3 nitrogen and oxygen atoms in total. The fourth-order valence-corrected chi connectivity index (χ4v) is 2.48. The summed E-state index contributed by atoms with van der Waals surface area (Å²) in [5.74, 6) is 0.734. The smallest absolute Gasteiger partial charge is 0.423 e. The van der Waals surface area contributed by atoms with E-state index in [9.17, 15) is 0 Å². The van der Waals surface area contributed by atoms with E-state index in [0.29, 0.717) is 12.1 Å². The van der Waals surface area contributed by atoms with Crippen LogP contribution in [0.3, 0.4) is 0 Å². The Morgan fingerprint density at radius 1 is 1.06 bits per heavy atom. The third-order valence-electron chi connectivity index (χ3n) is 3.62. The summed E-state index contributed by atoms with van der Waals surface area (Å²) in [5.41, 5.74) is 1.60. The summed E-state index contributed by atoms with van der Waals surface area (Å²) in [4.78, 5) is 0. The minimum absolute atomic E-state index is 0.519. The van der Waals surface area contributed by atoms with Crippen molar-refractivity contribution in [1.82, 2.24) is 0 Å². The molecule has 98 valence electrons. The molecule has 2 rings (SSSR count). The van der Waals surface area contributed by atoms with E-state index in [2.05, 4.69) is 0 Å². The Bertz CT molecular complexity index is 345. The number of benzene rings is 1. The van der Waals surface area contributed by atoms with Crippen molar-refractivity contribution in [3.63, 3.8) is 0 Å². The molecule has 0 radical (unpaired) electrons.